The molecule has 3 aromatic rings. The van der Waals surface area contributed by atoms with Gasteiger partial charge in [-0.2, -0.15) is 0 Å². The zero-order valence-corrected chi connectivity index (χ0v) is 20.5. The van der Waals surface area contributed by atoms with Gasteiger partial charge >= 0.3 is 6.36 Å². The standard InChI is InChI=1S/C26H31F3O3S/c1-6-7-8-9-17-10-13-20(21(14-17)32-26(27,28)29)23-15-18-11-12-19(16-22(18)33-23)31-25(4,5)24(2,3)30/h10-16,30H,6-9H2,1-5H3. The monoisotopic (exact) mass is 480 g/mol. The van der Waals surface area contributed by atoms with E-state index in [1.807, 2.05) is 24.3 Å². The van der Waals surface area contributed by atoms with Gasteiger partial charge in [0.25, 0.3) is 0 Å². The molecule has 7 heteroatoms. The average Bonchev–Trinajstić information content (AvgIpc) is 3.09. The van der Waals surface area contributed by atoms with Crippen molar-refractivity contribution >= 4 is 21.4 Å². The first-order chi connectivity index (χ1) is 15.3. The van der Waals surface area contributed by atoms with E-state index >= 15 is 0 Å². The predicted molar refractivity (Wildman–Crippen MR) is 128 cm³/mol. The SMILES string of the molecule is CCCCCc1ccc(-c2cc3ccc(OC(C)(C)C(C)(C)O)cc3s2)c(OC(F)(F)F)c1. The summed E-state index contributed by atoms with van der Waals surface area (Å²) < 4.78 is 50.7. The summed E-state index contributed by atoms with van der Waals surface area (Å²) in [5.41, 5.74) is -0.656. The number of aryl methyl sites for hydroxylation is 1. The Morgan fingerprint density at radius 2 is 1.64 bits per heavy atom. The molecular weight excluding hydrogens is 449 g/mol. The highest BCUT2D eigenvalue weighted by molar-refractivity contribution is 7.22. The molecule has 0 radical (unpaired) electrons. The lowest BCUT2D eigenvalue weighted by atomic mass is 9.89. The number of thiophene rings is 1. The van der Waals surface area contributed by atoms with Crippen molar-refractivity contribution in [2.24, 2.45) is 0 Å². The van der Waals surface area contributed by atoms with Crippen molar-refractivity contribution in [3.63, 3.8) is 0 Å². The molecule has 0 aliphatic rings. The maximum absolute atomic E-state index is 13.1. The Morgan fingerprint density at radius 3 is 2.27 bits per heavy atom. The van der Waals surface area contributed by atoms with Gasteiger partial charge < -0.3 is 14.6 Å². The van der Waals surface area contributed by atoms with E-state index in [4.69, 9.17) is 4.74 Å². The Morgan fingerprint density at radius 1 is 0.909 bits per heavy atom. The van der Waals surface area contributed by atoms with Gasteiger partial charge in [0.2, 0.25) is 0 Å². The van der Waals surface area contributed by atoms with E-state index in [9.17, 15) is 18.3 Å². The van der Waals surface area contributed by atoms with Crippen molar-refractivity contribution in [2.45, 2.75) is 77.9 Å². The second-order valence-electron chi connectivity index (χ2n) is 9.32. The summed E-state index contributed by atoms with van der Waals surface area (Å²) in [7, 11) is 0. The maximum Gasteiger partial charge on any atom is 0.573 e. The van der Waals surface area contributed by atoms with Crippen molar-refractivity contribution < 1.29 is 27.8 Å². The molecule has 0 amide bonds. The van der Waals surface area contributed by atoms with Crippen molar-refractivity contribution in [2.75, 3.05) is 0 Å². The molecule has 0 saturated carbocycles. The summed E-state index contributed by atoms with van der Waals surface area (Å²) in [4.78, 5) is 0.684. The van der Waals surface area contributed by atoms with Crippen molar-refractivity contribution in [3.8, 4) is 21.9 Å². The minimum Gasteiger partial charge on any atom is -0.485 e. The molecular formula is C26H31F3O3S. The zero-order valence-electron chi connectivity index (χ0n) is 19.7. The Hall–Kier alpha value is -2.25. The second-order valence-corrected chi connectivity index (χ2v) is 10.4. The lowest BCUT2D eigenvalue weighted by Gasteiger charge is -2.37. The maximum atomic E-state index is 13.1. The molecule has 1 N–H and O–H groups in total. The molecule has 0 aliphatic carbocycles. The van der Waals surface area contributed by atoms with Gasteiger partial charge in [0.15, 0.2) is 0 Å². The van der Waals surface area contributed by atoms with Crippen LogP contribution in [0.15, 0.2) is 42.5 Å². The quantitative estimate of drug-likeness (QED) is 0.314. The molecule has 0 aliphatic heterocycles. The average molecular weight is 481 g/mol. The molecule has 3 nitrogen and oxygen atoms in total. The molecule has 1 heterocycles. The Kier molecular flexibility index (Phi) is 7.34. The normalized spacial score (nSPS) is 12.9. The number of unbranched alkanes of at least 4 members (excludes halogenated alkanes) is 2. The van der Waals surface area contributed by atoms with Crippen molar-refractivity contribution in [3.05, 3.63) is 48.0 Å². The summed E-state index contributed by atoms with van der Waals surface area (Å²) in [5.74, 6) is 0.406. The van der Waals surface area contributed by atoms with Crippen molar-refractivity contribution in [1.29, 1.82) is 0 Å². The second kappa shape index (κ2) is 9.55. The first-order valence-electron chi connectivity index (χ1n) is 11.1. The summed E-state index contributed by atoms with van der Waals surface area (Å²) in [6.07, 6.45) is -1.05. The predicted octanol–water partition coefficient (Wildman–Crippen LogP) is 8.13. The summed E-state index contributed by atoms with van der Waals surface area (Å²) in [6.45, 7) is 9.07. The first-order valence-corrected chi connectivity index (χ1v) is 11.9. The van der Waals surface area contributed by atoms with Crippen LogP contribution >= 0.6 is 11.3 Å². The Labute approximate surface area is 197 Å². The molecule has 0 unspecified atom stereocenters. The lowest BCUT2D eigenvalue weighted by molar-refractivity contribution is -0.274. The number of fused-ring (bicyclic) bond motifs is 1. The van der Waals surface area contributed by atoms with Crippen LogP contribution in [0, 0.1) is 0 Å². The van der Waals surface area contributed by atoms with Crippen LogP contribution in [0.25, 0.3) is 20.5 Å². The third-order valence-electron chi connectivity index (χ3n) is 5.94. The van der Waals surface area contributed by atoms with Crippen LogP contribution < -0.4 is 9.47 Å². The van der Waals surface area contributed by atoms with E-state index in [1.54, 1.807) is 39.8 Å². The van der Waals surface area contributed by atoms with E-state index in [-0.39, 0.29) is 5.75 Å². The van der Waals surface area contributed by atoms with Gasteiger partial charge in [-0.05, 0) is 87.9 Å². The summed E-state index contributed by atoms with van der Waals surface area (Å²) in [6, 6.07) is 12.5. The number of rotatable bonds is 9. The third-order valence-corrected chi connectivity index (χ3v) is 7.08. The molecule has 0 bridgehead atoms. The number of benzene rings is 2. The zero-order chi connectivity index (χ0) is 24.4. The third kappa shape index (κ3) is 6.42. The highest BCUT2D eigenvalue weighted by atomic mass is 32.1. The van der Waals surface area contributed by atoms with Crippen LogP contribution in [0.3, 0.4) is 0 Å². The fraction of sp³-hybridized carbons (Fsp3) is 0.462. The van der Waals surface area contributed by atoms with Gasteiger partial charge in [0.05, 0.1) is 5.60 Å². The largest absolute Gasteiger partial charge is 0.573 e. The van der Waals surface area contributed by atoms with E-state index in [1.165, 1.54) is 17.4 Å². The van der Waals surface area contributed by atoms with Crippen LogP contribution in [0.5, 0.6) is 11.5 Å². The van der Waals surface area contributed by atoms with E-state index in [0.717, 1.165) is 34.9 Å². The fourth-order valence-corrected chi connectivity index (χ4v) is 4.46. The van der Waals surface area contributed by atoms with Crippen LogP contribution in [0.2, 0.25) is 0 Å². The van der Waals surface area contributed by atoms with E-state index in [2.05, 4.69) is 11.7 Å². The Bertz CT molecular complexity index is 1090. The smallest absolute Gasteiger partial charge is 0.485 e. The molecule has 0 atom stereocenters. The first kappa shape index (κ1) is 25.4. The van der Waals surface area contributed by atoms with E-state index < -0.39 is 17.6 Å². The number of hydrogen-bond acceptors (Lipinski definition) is 4. The van der Waals surface area contributed by atoms with Gasteiger partial charge in [-0.3, -0.25) is 0 Å². The molecule has 1 aromatic heterocycles. The lowest BCUT2D eigenvalue weighted by Crippen LogP contribution is -2.49. The highest BCUT2D eigenvalue weighted by Crippen LogP contribution is 2.42. The minimum absolute atomic E-state index is 0.178. The molecule has 0 saturated heterocycles. The van der Waals surface area contributed by atoms with Gasteiger partial charge in [-0.15, -0.1) is 24.5 Å². The number of halogens is 3. The van der Waals surface area contributed by atoms with Gasteiger partial charge in [-0.1, -0.05) is 25.8 Å². The van der Waals surface area contributed by atoms with Gasteiger partial charge in [0, 0.05) is 15.1 Å². The number of alkyl halides is 3. The Balaban J connectivity index is 1.96. The van der Waals surface area contributed by atoms with E-state index in [0.29, 0.717) is 22.6 Å². The number of hydrogen-bond donors (Lipinski definition) is 1. The molecule has 2 aromatic carbocycles. The molecule has 0 spiro atoms. The summed E-state index contributed by atoms with van der Waals surface area (Å²) in [5, 5.41) is 11.3. The number of ether oxygens (including phenoxy) is 2. The molecule has 180 valence electrons. The molecule has 3 rings (SSSR count). The van der Waals surface area contributed by atoms with Crippen LogP contribution in [0.1, 0.15) is 59.4 Å². The minimum atomic E-state index is -4.77. The van der Waals surface area contributed by atoms with Gasteiger partial charge in [0.1, 0.15) is 17.1 Å². The van der Waals surface area contributed by atoms with Gasteiger partial charge in [-0.25, -0.2) is 0 Å². The van der Waals surface area contributed by atoms with Crippen LogP contribution in [-0.2, 0) is 6.42 Å². The summed E-state index contributed by atoms with van der Waals surface area (Å²) >= 11 is 1.38. The van der Waals surface area contributed by atoms with Crippen LogP contribution in [0.4, 0.5) is 13.2 Å². The fourth-order valence-electron chi connectivity index (χ4n) is 3.34. The topological polar surface area (TPSA) is 38.7 Å². The van der Waals surface area contributed by atoms with Crippen LogP contribution in [-0.4, -0.2) is 22.7 Å². The highest BCUT2D eigenvalue weighted by Gasteiger charge is 2.37. The molecule has 33 heavy (non-hydrogen) atoms. The number of aliphatic hydroxyl groups is 1. The van der Waals surface area contributed by atoms with Crippen molar-refractivity contribution in [1.82, 2.24) is 0 Å². The molecule has 0 fully saturated rings.